The molecule has 2 unspecified atom stereocenters. The first kappa shape index (κ1) is 15.1. The van der Waals surface area contributed by atoms with Gasteiger partial charge in [-0.05, 0) is 37.8 Å². The molecule has 116 valence electrons. The molecule has 22 heavy (non-hydrogen) atoms. The number of aryl methyl sites for hydroxylation is 2. The lowest BCUT2D eigenvalue weighted by Crippen LogP contribution is -2.40. The Morgan fingerprint density at radius 2 is 2.23 bits per heavy atom. The summed E-state index contributed by atoms with van der Waals surface area (Å²) in [5, 5.41) is 7.64. The fourth-order valence-electron chi connectivity index (χ4n) is 2.86. The van der Waals surface area contributed by atoms with E-state index in [0.717, 1.165) is 25.0 Å². The second kappa shape index (κ2) is 6.53. The number of nitrogens with zero attached hydrogens (tertiary/aromatic N) is 2. The summed E-state index contributed by atoms with van der Waals surface area (Å²) in [6.07, 6.45) is 4.67. The second-order valence-corrected chi connectivity index (χ2v) is 6.13. The average Bonchev–Trinajstić information content (AvgIpc) is 2.56. The van der Waals surface area contributed by atoms with E-state index in [2.05, 4.69) is 51.8 Å². The molecule has 1 aromatic heterocycles. The van der Waals surface area contributed by atoms with Gasteiger partial charge in [-0.15, -0.1) is 0 Å². The fourth-order valence-corrected chi connectivity index (χ4v) is 3.09. The number of hydrogen-bond acceptors (Lipinski definition) is 4. The molecule has 1 aromatic carbocycles. The van der Waals surface area contributed by atoms with Crippen molar-refractivity contribution < 1.29 is 0 Å². The molecular formula is C17H21ClN4. The summed E-state index contributed by atoms with van der Waals surface area (Å²) in [5.74, 6) is 0.648. The molecule has 0 saturated carbocycles. The molecule has 2 atom stereocenters. The normalized spacial score (nSPS) is 18.2. The molecule has 1 aliphatic rings. The summed E-state index contributed by atoms with van der Waals surface area (Å²) in [5.41, 5.74) is 3.51. The molecule has 0 radical (unpaired) electrons. The van der Waals surface area contributed by atoms with E-state index in [1.807, 2.05) is 6.92 Å². The molecule has 5 heteroatoms. The van der Waals surface area contributed by atoms with E-state index in [9.17, 15) is 0 Å². The largest absolute Gasteiger partial charge is 0.380 e. The lowest BCUT2D eigenvalue weighted by atomic mass is 9.94. The van der Waals surface area contributed by atoms with Crippen molar-refractivity contribution in [2.24, 2.45) is 0 Å². The van der Waals surface area contributed by atoms with Crippen molar-refractivity contribution in [2.75, 3.05) is 10.6 Å². The van der Waals surface area contributed by atoms with E-state index in [1.165, 1.54) is 11.3 Å². The monoisotopic (exact) mass is 316 g/mol. The third-order valence-corrected chi connectivity index (χ3v) is 4.51. The first-order valence-corrected chi connectivity index (χ1v) is 8.17. The number of aromatic nitrogens is 2. The topological polar surface area (TPSA) is 49.8 Å². The van der Waals surface area contributed by atoms with Crippen LogP contribution in [0.5, 0.6) is 0 Å². The summed E-state index contributed by atoms with van der Waals surface area (Å²) in [4.78, 5) is 8.77. The van der Waals surface area contributed by atoms with Crippen molar-refractivity contribution in [3.63, 3.8) is 0 Å². The number of anilines is 2. The molecule has 0 amide bonds. The highest BCUT2D eigenvalue weighted by Gasteiger charge is 2.23. The quantitative estimate of drug-likeness (QED) is 0.897. The number of benzene rings is 1. The lowest BCUT2D eigenvalue weighted by molar-refractivity contribution is 0.563. The predicted molar refractivity (Wildman–Crippen MR) is 91.7 cm³/mol. The summed E-state index contributed by atoms with van der Waals surface area (Å²) in [6, 6.07) is 9.09. The first-order valence-electron chi connectivity index (χ1n) is 7.79. The molecule has 0 bridgehead atoms. The van der Waals surface area contributed by atoms with E-state index in [-0.39, 0.29) is 6.04 Å². The predicted octanol–water partition coefficient (Wildman–Crippen LogP) is 3.92. The second-order valence-electron chi connectivity index (χ2n) is 5.72. The Morgan fingerprint density at radius 3 is 3.05 bits per heavy atom. The van der Waals surface area contributed by atoms with Crippen LogP contribution in [0.15, 0.2) is 30.5 Å². The van der Waals surface area contributed by atoms with E-state index in [0.29, 0.717) is 17.0 Å². The van der Waals surface area contributed by atoms with Crippen LogP contribution in [0.1, 0.15) is 31.5 Å². The molecular weight excluding hydrogens is 296 g/mol. The van der Waals surface area contributed by atoms with Crippen LogP contribution in [0.2, 0.25) is 5.02 Å². The molecule has 0 aliphatic carbocycles. The number of hydrogen-bond donors (Lipinski definition) is 2. The smallest absolute Gasteiger partial charge is 0.223 e. The minimum absolute atomic E-state index is 0.235. The van der Waals surface area contributed by atoms with Crippen molar-refractivity contribution in [2.45, 2.75) is 45.2 Å². The zero-order valence-electron chi connectivity index (χ0n) is 12.9. The Bertz CT molecular complexity index is 659. The van der Waals surface area contributed by atoms with E-state index in [4.69, 9.17) is 11.6 Å². The molecule has 2 heterocycles. The van der Waals surface area contributed by atoms with Crippen LogP contribution in [0.3, 0.4) is 0 Å². The van der Waals surface area contributed by atoms with Gasteiger partial charge in [-0.3, -0.25) is 0 Å². The van der Waals surface area contributed by atoms with Crippen molar-refractivity contribution in [1.29, 1.82) is 0 Å². The maximum Gasteiger partial charge on any atom is 0.223 e. The van der Waals surface area contributed by atoms with Gasteiger partial charge in [0.2, 0.25) is 5.95 Å². The highest BCUT2D eigenvalue weighted by molar-refractivity contribution is 6.31. The number of halogens is 1. The van der Waals surface area contributed by atoms with Gasteiger partial charge in [0.15, 0.2) is 0 Å². The van der Waals surface area contributed by atoms with E-state index in [1.54, 1.807) is 6.20 Å². The van der Waals surface area contributed by atoms with Crippen molar-refractivity contribution >= 4 is 23.2 Å². The van der Waals surface area contributed by atoms with Gasteiger partial charge in [-0.2, -0.15) is 0 Å². The molecule has 4 nitrogen and oxygen atoms in total. The standard InChI is InChI=1S/C17H21ClN4/c1-3-14-13(18)10-19-17(22-14)20-11(2)15-9-8-12-6-4-5-7-16(12)21-15/h4-7,10-11,15,21H,3,8-9H2,1-2H3,(H,19,20,22). The molecule has 0 spiro atoms. The highest BCUT2D eigenvalue weighted by atomic mass is 35.5. The van der Waals surface area contributed by atoms with Gasteiger partial charge in [-0.25, -0.2) is 9.97 Å². The Hall–Kier alpha value is -1.81. The van der Waals surface area contributed by atoms with Crippen LogP contribution in [0.25, 0.3) is 0 Å². The van der Waals surface area contributed by atoms with Crippen LogP contribution in [0.4, 0.5) is 11.6 Å². The van der Waals surface area contributed by atoms with Crippen molar-refractivity contribution in [3.8, 4) is 0 Å². The Balaban J connectivity index is 1.69. The fraction of sp³-hybridized carbons (Fsp3) is 0.412. The number of fused-ring (bicyclic) bond motifs is 1. The summed E-state index contributed by atoms with van der Waals surface area (Å²) in [7, 11) is 0. The van der Waals surface area contributed by atoms with Crippen molar-refractivity contribution in [1.82, 2.24) is 9.97 Å². The lowest BCUT2D eigenvalue weighted by Gasteiger charge is -2.32. The Labute approximate surface area is 136 Å². The SMILES string of the molecule is CCc1nc(NC(C)C2CCc3ccccc3N2)ncc1Cl. The number of rotatable bonds is 4. The summed E-state index contributed by atoms with van der Waals surface area (Å²) in [6.45, 7) is 4.20. The maximum atomic E-state index is 6.07. The molecule has 0 saturated heterocycles. The van der Waals surface area contributed by atoms with Gasteiger partial charge in [0.05, 0.1) is 16.9 Å². The minimum Gasteiger partial charge on any atom is -0.380 e. The maximum absolute atomic E-state index is 6.07. The Kier molecular flexibility index (Phi) is 4.48. The zero-order chi connectivity index (χ0) is 15.5. The van der Waals surface area contributed by atoms with Gasteiger partial charge in [-0.1, -0.05) is 36.7 Å². The number of nitrogens with one attached hydrogen (secondary N) is 2. The van der Waals surface area contributed by atoms with Crippen LogP contribution in [0, 0.1) is 0 Å². The van der Waals surface area contributed by atoms with Crippen molar-refractivity contribution in [3.05, 3.63) is 46.7 Å². The molecule has 3 rings (SSSR count). The molecule has 2 aromatic rings. The molecule has 2 N–H and O–H groups in total. The van der Waals surface area contributed by atoms with Gasteiger partial charge in [0.25, 0.3) is 0 Å². The third-order valence-electron chi connectivity index (χ3n) is 4.19. The first-order chi connectivity index (χ1) is 10.7. The van der Waals surface area contributed by atoms with Crippen LogP contribution >= 0.6 is 11.6 Å². The minimum atomic E-state index is 0.235. The van der Waals surface area contributed by atoms with Gasteiger partial charge in [0.1, 0.15) is 0 Å². The highest BCUT2D eigenvalue weighted by Crippen LogP contribution is 2.26. The molecule has 0 fully saturated rings. The number of para-hydroxylation sites is 1. The van der Waals surface area contributed by atoms with Gasteiger partial charge < -0.3 is 10.6 Å². The summed E-state index contributed by atoms with van der Waals surface area (Å²) >= 11 is 6.07. The van der Waals surface area contributed by atoms with Crippen LogP contribution in [-0.4, -0.2) is 22.1 Å². The Morgan fingerprint density at radius 1 is 1.41 bits per heavy atom. The summed E-state index contributed by atoms with van der Waals surface area (Å²) < 4.78 is 0. The third kappa shape index (κ3) is 3.17. The molecule has 1 aliphatic heterocycles. The van der Waals surface area contributed by atoms with E-state index >= 15 is 0 Å². The average molecular weight is 317 g/mol. The van der Waals surface area contributed by atoms with Gasteiger partial charge >= 0.3 is 0 Å². The van der Waals surface area contributed by atoms with E-state index < -0.39 is 0 Å². The zero-order valence-corrected chi connectivity index (χ0v) is 13.7. The van der Waals surface area contributed by atoms with Crippen LogP contribution in [-0.2, 0) is 12.8 Å². The van der Waals surface area contributed by atoms with Gasteiger partial charge in [0, 0.05) is 17.8 Å². The van der Waals surface area contributed by atoms with Crippen LogP contribution < -0.4 is 10.6 Å².